The molecule has 0 aliphatic heterocycles. The van der Waals surface area contributed by atoms with Gasteiger partial charge in [-0.15, -0.1) is 0 Å². The topological polar surface area (TPSA) is 15.3 Å². The van der Waals surface area contributed by atoms with E-state index >= 15 is 0 Å². The van der Waals surface area contributed by atoms with Gasteiger partial charge < -0.3 is 10.2 Å². The third-order valence-corrected chi connectivity index (χ3v) is 3.27. The van der Waals surface area contributed by atoms with E-state index in [2.05, 4.69) is 68.5 Å². The molecular formula is C16H28N2. The van der Waals surface area contributed by atoms with Gasteiger partial charge in [-0.1, -0.05) is 43.7 Å². The second-order valence-corrected chi connectivity index (χ2v) is 5.41. The molecular weight excluding hydrogens is 220 g/mol. The van der Waals surface area contributed by atoms with E-state index in [1.165, 1.54) is 24.8 Å². The Hall–Kier alpha value is -0.860. The summed E-state index contributed by atoms with van der Waals surface area (Å²) in [6.45, 7) is 5.68. The molecule has 0 bridgehead atoms. The number of benzene rings is 1. The lowest BCUT2D eigenvalue weighted by Crippen LogP contribution is -2.33. The van der Waals surface area contributed by atoms with Crippen molar-refractivity contribution in [3.05, 3.63) is 35.9 Å². The molecule has 0 aliphatic rings. The molecule has 2 unspecified atom stereocenters. The van der Waals surface area contributed by atoms with Gasteiger partial charge >= 0.3 is 0 Å². The minimum absolute atomic E-state index is 0.494. The average molecular weight is 248 g/mol. The average Bonchev–Trinajstić information content (AvgIpc) is 2.37. The van der Waals surface area contributed by atoms with Crippen LogP contribution in [0.5, 0.6) is 0 Å². The first-order valence-electron chi connectivity index (χ1n) is 7.09. The maximum absolute atomic E-state index is 3.76. The predicted octanol–water partition coefficient (Wildman–Crippen LogP) is 3.46. The maximum atomic E-state index is 3.76. The molecule has 1 rings (SSSR count). The van der Waals surface area contributed by atoms with E-state index in [9.17, 15) is 0 Å². The lowest BCUT2D eigenvalue weighted by molar-refractivity contribution is 0.344. The fourth-order valence-corrected chi connectivity index (χ4v) is 2.20. The van der Waals surface area contributed by atoms with E-state index in [-0.39, 0.29) is 0 Å². The molecule has 0 aromatic heterocycles. The van der Waals surface area contributed by atoms with Crippen LogP contribution < -0.4 is 5.32 Å². The molecule has 102 valence electrons. The van der Waals surface area contributed by atoms with Crippen LogP contribution in [0.25, 0.3) is 0 Å². The third kappa shape index (κ3) is 5.65. The lowest BCUT2D eigenvalue weighted by Gasteiger charge is -2.24. The zero-order valence-electron chi connectivity index (χ0n) is 12.3. The molecule has 0 radical (unpaired) electrons. The summed E-state index contributed by atoms with van der Waals surface area (Å²) in [5.41, 5.74) is 1.41. The fourth-order valence-electron chi connectivity index (χ4n) is 2.20. The lowest BCUT2D eigenvalue weighted by atomic mass is 10.0. The Morgan fingerprint density at radius 1 is 1.11 bits per heavy atom. The zero-order valence-corrected chi connectivity index (χ0v) is 12.3. The molecule has 1 N–H and O–H groups in total. The van der Waals surface area contributed by atoms with Crippen molar-refractivity contribution in [1.82, 2.24) is 10.2 Å². The van der Waals surface area contributed by atoms with Crippen LogP contribution in [-0.2, 0) is 0 Å². The van der Waals surface area contributed by atoms with Crippen LogP contribution in [0.2, 0.25) is 0 Å². The number of nitrogens with one attached hydrogen (secondary N) is 1. The Balaban J connectivity index is 2.52. The smallest absolute Gasteiger partial charge is 0.0322 e. The number of rotatable bonds is 8. The third-order valence-electron chi connectivity index (χ3n) is 3.27. The normalized spacial score (nSPS) is 14.7. The van der Waals surface area contributed by atoms with Crippen LogP contribution >= 0.6 is 0 Å². The van der Waals surface area contributed by atoms with Crippen molar-refractivity contribution in [2.24, 2.45) is 0 Å². The van der Waals surface area contributed by atoms with Gasteiger partial charge in [-0.2, -0.15) is 0 Å². The van der Waals surface area contributed by atoms with E-state index in [0.717, 1.165) is 6.54 Å². The standard InChI is InChI=1S/C16H28N2/c1-5-9-16(15-10-7-6-8-11-15)17-14(2)12-13-18(3)4/h6-8,10-11,14,16-17H,5,9,12-13H2,1-4H3. The van der Waals surface area contributed by atoms with Gasteiger partial charge in [-0.05, 0) is 46.0 Å². The first kappa shape index (κ1) is 15.2. The van der Waals surface area contributed by atoms with Crippen molar-refractivity contribution in [3.8, 4) is 0 Å². The molecule has 18 heavy (non-hydrogen) atoms. The van der Waals surface area contributed by atoms with Crippen molar-refractivity contribution in [3.63, 3.8) is 0 Å². The SMILES string of the molecule is CCCC(NC(C)CCN(C)C)c1ccccc1. The molecule has 2 atom stereocenters. The summed E-state index contributed by atoms with van der Waals surface area (Å²) in [6, 6.07) is 11.9. The molecule has 0 spiro atoms. The summed E-state index contributed by atoms with van der Waals surface area (Å²) in [7, 11) is 4.26. The largest absolute Gasteiger partial charge is 0.309 e. The highest BCUT2D eigenvalue weighted by Crippen LogP contribution is 2.19. The molecule has 0 amide bonds. The van der Waals surface area contributed by atoms with Crippen LogP contribution in [0.4, 0.5) is 0 Å². The zero-order chi connectivity index (χ0) is 13.4. The summed E-state index contributed by atoms with van der Waals surface area (Å²) in [5.74, 6) is 0. The van der Waals surface area contributed by atoms with Crippen LogP contribution in [0, 0.1) is 0 Å². The van der Waals surface area contributed by atoms with Crippen molar-refractivity contribution in [1.29, 1.82) is 0 Å². The second-order valence-electron chi connectivity index (χ2n) is 5.41. The Labute approximate surface area is 112 Å². The summed E-state index contributed by atoms with van der Waals surface area (Å²) < 4.78 is 0. The predicted molar refractivity (Wildman–Crippen MR) is 79.9 cm³/mol. The minimum Gasteiger partial charge on any atom is -0.309 e. The molecule has 0 saturated carbocycles. The van der Waals surface area contributed by atoms with E-state index < -0.39 is 0 Å². The quantitative estimate of drug-likeness (QED) is 0.758. The highest BCUT2D eigenvalue weighted by atomic mass is 15.1. The van der Waals surface area contributed by atoms with Gasteiger partial charge in [0.25, 0.3) is 0 Å². The molecule has 0 saturated heterocycles. The van der Waals surface area contributed by atoms with Crippen LogP contribution in [-0.4, -0.2) is 31.6 Å². The van der Waals surface area contributed by atoms with Crippen LogP contribution in [0.1, 0.15) is 44.7 Å². The van der Waals surface area contributed by atoms with E-state index in [1.54, 1.807) is 0 Å². The fraction of sp³-hybridized carbons (Fsp3) is 0.625. The molecule has 0 fully saturated rings. The van der Waals surface area contributed by atoms with Crippen molar-refractivity contribution >= 4 is 0 Å². The van der Waals surface area contributed by atoms with E-state index in [0.29, 0.717) is 12.1 Å². The first-order valence-corrected chi connectivity index (χ1v) is 7.09. The Morgan fingerprint density at radius 3 is 2.33 bits per heavy atom. The molecule has 2 nitrogen and oxygen atoms in total. The van der Waals surface area contributed by atoms with E-state index in [1.807, 2.05) is 0 Å². The first-order chi connectivity index (χ1) is 8.63. The number of hydrogen-bond donors (Lipinski definition) is 1. The molecule has 0 heterocycles. The summed E-state index contributed by atoms with van der Waals surface area (Å²) in [4.78, 5) is 2.25. The minimum atomic E-state index is 0.494. The summed E-state index contributed by atoms with van der Waals surface area (Å²) in [6.07, 6.45) is 3.61. The Kier molecular flexibility index (Phi) is 6.99. The summed E-state index contributed by atoms with van der Waals surface area (Å²) >= 11 is 0. The van der Waals surface area contributed by atoms with Gasteiger partial charge in [0.1, 0.15) is 0 Å². The number of nitrogens with zero attached hydrogens (tertiary/aromatic N) is 1. The van der Waals surface area contributed by atoms with Gasteiger partial charge in [0.05, 0.1) is 0 Å². The van der Waals surface area contributed by atoms with Crippen molar-refractivity contribution in [2.75, 3.05) is 20.6 Å². The van der Waals surface area contributed by atoms with Gasteiger partial charge in [0.15, 0.2) is 0 Å². The van der Waals surface area contributed by atoms with Gasteiger partial charge in [0.2, 0.25) is 0 Å². The molecule has 1 aromatic rings. The summed E-state index contributed by atoms with van der Waals surface area (Å²) in [5, 5.41) is 3.76. The highest BCUT2D eigenvalue weighted by molar-refractivity contribution is 5.18. The Morgan fingerprint density at radius 2 is 1.78 bits per heavy atom. The molecule has 2 heteroatoms. The van der Waals surface area contributed by atoms with Gasteiger partial charge in [-0.25, -0.2) is 0 Å². The molecule has 1 aromatic carbocycles. The monoisotopic (exact) mass is 248 g/mol. The van der Waals surface area contributed by atoms with Gasteiger partial charge in [0, 0.05) is 12.1 Å². The van der Waals surface area contributed by atoms with Crippen molar-refractivity contribution in [2.45, 2.75) is 45.2 Å². The Bertz CT molecular complexity index is 308. The number of hydrogen-bond acceptors (Lipinski definition) is 2. The maximum Gasteiger partial charge on any atom is 0.0322 e. The van der Waals surface area contributed by atoms with Crippen LogP contribution in [0.15, 0.2) is 30.3 Å². The van der Waals surface area contributed by atoms with E-state index in [4.69, 9.17) is 0 Å². The molecule has 0 aliphatic carbocycles. The van der Waals surface area contributed by atoms with Crippen LogP contribution in [0.3, 0.4) is 0 Å². The highest BCUT2D eigenvalue weighted by Gasteiger charge is 2.13. The second kappa shape index (κ2) is 8.28. The van der Waals surface area contributed by atoms with Gasteiger partial charge in [-0.3, -0.25) is 0 Å². The van der Waals surface area contributed by atoms with Crippen molar-refractivity contribution < 1.29 is 0 Å².